The number of anilines is 1. The molecule has 0 saturated carbocycles. The van der Waals surface area contributed by atoms with Gasteiger partial charge in [-0.15, -0.1) is 0 Å². The Morgan fingerprint density at radius 2 is 1.96 bits per heavy atom. The lowest BCUT2D eigenvalue weighted by molar-refractivity contribution is -0.385. The number of carbonyl (C=O) groups is 2. The highest BCUT2D eigenvalue weighted by Gasteiger charge is 2.21. The van der Waals surface area contributed by atoms with E-state index in [1.54, 1.807) is 24.3 Å². The van der Waals surface area contributed by atoms with Gasteiger partial charge in [0.25, 0.3) is 0 Å². The highest BCUT2D eigenvalue weighted by molar-refractivity contribution is 9.10. The Labute approximate surface area is 139 Å². The summed E-state index contributed by atoms with van der Waals surface area (Å²) in [7, 11) is 0. The summed E-state index contributed by atoms with van der Waals surface area (Å²) in [6.45, 7) is 1.39. The summed E-state index contributed by atoms with van der Waals surface area (Å²) in [6.07, 6.45) is 0.518. The third-order valence-electron chi connectivity index (χ3n) is 2.77. The van der Waals surface area contributed by atoms with Crippen LogP contribution in [0.25, 0.3) is 0 Å². The predicted octanol–water partition coefficient (Wildman–Crippen LogP) is 3.92. The molecule has 0 aromatic heterocycles. The summed E-state index contributed by atoms with van der Waals surface area (Å²) in [5, 5.41) is 13.8. The standard InChI is InChI=1S/C15H11BrN2O5/c1-9(20)17-11-2-4-12(5-3-11)23-15-13(16)6-10(8-19)7-14(15)18(21)22/h2-8H,1H3,(H,17,20). The lowest BCUT2D eigenvalue weighted by Crippen LogP contribution is -2.05. The van der Waals surface area contributed by atoms with Gasteiger partial charge in [0.1, 0.15) is 12.0 Å². The molecule has 1 amide bonds. The van der Waals surface area contributed by atoms with Crippen molar-refractivity contribution in [2.75, 3.05) is 5.32 Å². The van der Waals surface area contributed by atoms with E-state index in [0.717, 1.165) is 6.07 Å². The van der Waals surface area contributed by atoms with E-state index < -0.39 is 4.92 Å². The Balaban J connectivity index is 2.34. The van der Waals surface area contributed by atoms with Crippen LogP contribution in [0.3, 0.4) is 0 Å². The van der Waals surface area contributed by atoms with Crippen LogP contribution < -0.4 is 10.1 Å². The predicted molar refractivity (Wildman–Crippen MR) is 87.0 cm³/mol. The van der Waals surface area contributed by atoms with E-state index in [1.165, 1.54) is 13.0 Å². The Kier molecular flexibility index (Phi) is 5.07. The van der Waals surface area contributed by atoms with Gasteiger partial charge in [-0.3, -0.25) is 19.7 Å². The van der Waals surface area contributed by atoms with Gasteiger partial charge in [0.15, 0.2) is 0 Å². The van der Waals surface area contributed by atoms with Crippen molar-refractivity contribution in [2.24, 2.45) is 0 Å². The number of hydrogen-bond donors (Lipinski definition) is 1. The zero-order chi connectivity index (χ0) is 17.0. The van der Waals surface area contributed by atoms with Crippen molar-refractivity contribution < 1.29 is 19.2 Å². The average molecular weight is 379 g/mol. The number of nitro groups is 1. The number of nitro benzene ring substituents is 1. The van der Waals surface area contributed by atoms with Crippen LogP contribution in [0.15, 0.2) is 40.9 Å². The second-order valence-corrected chi connectivity index (χ2v) is 5.39. The van der Waals surface area contributed by atoms with Crippen molar-refractivity contribution in [3.8, 4) is 11.5 Å². The zero-order valence-electron chi connectivity index (χ0n) is 11.9. The van der Waals surface area contributed by atoms with E-state index in [1.807, 2.05) is 0 Å². The van der Waals surface area contributed by atoms with Gasteiger partial charge >= 0.3 is 5.69 Å². The molecule has 118 valence electrons. The van der Waals surface area contributed by atoms with E-state index in [4.69, 9.17) is 4.74 Å². The van der Waals surface area contributed by atoms with E-state index in [9.17, 15) is 19.7 Å². The fraction of sp³-hybridized carbons (Fsp3) is 0.0667. The molecule has 0 unspecified atom stereocenters. The molecule has 0 bridgehead atoms. The molecule has 0 heterocycles. The lowest BCUT2D eigenvalue weighted by Gasteiger charge is -2.10. The number of amides is 1. The number of rotatable bonds is 5. The summed E-state index contributed by atoms with van der Waals surface area (Å²) in [5.41, 5.74) is 0.416. The fourth-order valence-corrected chi connectivity index (χ4v) is 2.38. The van der Waals surface area contributed by atoms with Crippen LogP contribution in [0.1, 0.15) is 17.3 Å². The molecule has 2 aromatic carbocycles. The maximum atomic E-state index is 11.1. The number of aldehydes is 1. The monoisotopic (exact) mass is 378 g/mol. The first-order chi connectivity index (χ1) is 10.9. The minimum Gasteiger partial charge on any atom is -0.449 e. The molecule has 0 aliphatic carbocycles. The number of ether oxygens (including phenoxy) is 1. The van der Waals surface area contributed by atoms with Crippen LogP contribution in [-0.2, 0) is 4.79 Å². The second kappa shape index (κ2) is 7.01. The van der Waals surface area contributed by atoms with Gasteiger partial charge in [-0.2, -0.15) is 0 Å². The smallest absolute Gasteiger partial charge is 0.313 e. The Morgan fingerprint density at radius 3 is 2.48 bits per heavy atom. The number of benzene rings is 2. The van der Waals surface area contributed by atoms with Crippen molar-refractivity contribution in [3.05, 3.63) is 56.5 Å². The molecule has 0 fully saturated rings. The van der Waals surface area contributed by atoms with Crippen LogP contribution in [0.4, 0.5) is 11.4 Å². The molecule has 0 atom stereocenters. The van der Waals surface area contributed by atoms with Crippen molar-refractivity contribution in [3.63, 3.8) is 0 Å². The largest absolute Gasteiger partial charge is 0.449 e. The molecule has 0 aliphatic rings. The summed E-state index contributed by atoms with van der Waals surface area (Å²) in [4.78, 5) is 32.3. The van der Waals surface area contributed by atoms with Crippen LogP contribution in [0, 0.1) is 10.1 Å². The summed E-state index contributed by atoms with van der Waals surface area (Å²) >= 11 is 3.17. The first-order valence-electron chi connectivity index (χ1n) is 6.39. The quantitative estimate of drug-likeness (QED) is 0.482. The molecular weight excluding hydrogens is 368 g/mol. The maximum absolute atomic E-state index is 11.1. The van der Waals surface area contributed by atoms with Gasteiger partial charge in [0.05, 0.1) is 9.40 Å². The highest BCUT2D eigenvalue weighted by Crippen LogP contribution is 2.39. The second-order valence-electron chi connectivity index (χ2n) is 4.53. The molecule has 0 radical (unpaired) electrons. The molecule has 8 heteroatoms. The minimum atomic E-state index is -0.626. The van der Waals surface area contributed by atoms with Gasteiger partial charge in [-0.1, -0.05) is 0 Å². The van der Waals surface area contributed by atoms with Crippen LogP contribution >= 0.6 is 15.9 Å². The van der Waals surface area contributed by atoms with Crippen LogP contribution in [-0.4, -0.2) is 17.1 Å². The number of nitrogens with one attached hydrogen (secondary N) is 1. The van der Waals surface area contributed by atoms with Gasteiger partial charge < -0.3 is 10.1 Å². The lowest BCUT2D eigenvalue weighted by atomic mass is 10.2. The maximum Gasteiger partial charge on any atom is 0.313 e. The van der Waals surface area contributed by atoms with Crippen molar-refractivity contribution in [1.29, 1.82) is 0 Å². The molecule has 23 heavy (non-hydrogen) atoms. The molecule has 2 rings (SSSR count). The van der Waals surface area contributed by atoms with E-state index in [0.29, 0.717) is 22.2 Å². The number of carbonyl (C=O) groups excluding carboxylic acids is 2. The van der Waals surface area contributed by atoms with Gasteiger partial charge in [0, 0.05) is 24.2 Å². The third kappa shape index (κ3) is 4.13. The molecule has 2 aromatic rings. The van der Waals surface area contributed by atoms with Gasteiger partial charge in [-0.05, 0) is 46.3 Å². The SMILES string of the molecule is CC(=O)Nc1ccc(Oc2c(Br)cc(C=O)cc2[N+](=O)[O-])cc1. The Hall–Kier alpha value is -2.74. The summed E-state index contributed by atoms with van der Waals surface area (Å²) in [5.74, 6) is 0.135. The Bertz CT molecular complexity index is 774. The molecule has 0 aliphatic heterocycles. The van der Waals surface area contributed by atoms with Crippen molar-refractivity contribution >= 4 is 39.5 Å². The summed E-state index contributed by atoms with van der Waals surface area (Å²) < 4.78 is 5.84. The number of hydrogen-bond acceptors (Lipinski definition) is 5. The first-order valence-corrected chi connectivity index (χ1v) is 7.18. The van der Waals surface area contributed by atoms with Crippen molar-refractivity contribution in [1.82, 2.24) is 0 Å². The van der Waals surface area contributed by atoms with Gasteiger partial charge in [-0.25, -0.2) is 0 Å². The molecular formula is C15H11BrN2O5. The van der Waals surface area contributed by atoms with Gasteiger partial charge in [0.2, 0.25) is 11.7 Å². The van der Waals surface area contributed by atoms with E-state index >= 15 is 0 Å². The summed E-state index contributed by atoms with van der Waals surface area (Å²) in [6, 6.07) is 8.91. The highest BCUT2D eigenvalue weighted by atomic mass is 79.9. The van der Waals surface area contributed by atoms with Crippen molar-refractivity contribution in [2.45, 2.75) is 6.92 Å². The fourth-order valence-electron chi connectivity index (χ4n) is 1.83. The minimum absolute atomic E-state index is 0.00660. The number of halogens is 1. The molecule has 0 spiro atoms. The normalized spacial score (nSPS) is 10.0. The van der Waals surface area contributed by atoms with Crippen LogP contribution in [0.5, 0.6) is 11.5 Å². The Morgan fingerprint density at radius 1 is 1.30 bits per heavy atom. The van der Waals surface area contributed by atoms with Crippen LogP contribution in [0.2, 0.25) is 0 Å². The molecule has 7 nitrogen and oxygen atoms in total. The average Bonchev–Trinajstić information content (AvgIpc) is 2.50. The molecule has 1 N–H and O–H groups in total. The first kappa shape index (κ1) is 16.6. The molecule has 0 saturated heterocycles. The topological polar surface area (TPSA) is 98.5 Å². The van der Waals surface area contributed by atoms with E-state index in [-0.39, 0.29) is 22.9 Å². The number of nitrogens with zero attached hydrogens (tertiary/aromatic N) is 1. The van der Waals surface area contributed by atoms with E-state index in [2.05, 4.69) is 21.2 Å². The third-order valence-corrected chi connectivity index (χ3v) is 3.36. The zero-order valence-corrected chi connectivity index (χ0v) is 13.5.